The fourth-order valence-electron chi connectivity index (χ4n) is 4.17. The minimum Gasteiger partial charge on any atom is -0.497 e. The molecule has 3 heterocycles. The highest BCUT2D eigenvalue weighted by Gasteiger charge is 2.42. The maximum atomic E-state index is 13.6. The topological polar surface area (TPSA) is 42.3 Å². The van der Waals surface area contributed by atoms with Gasteiger partial charge >= 0.3 is 0 Å². The van der Waals surface area contributed by atoms with Crippen LogP contribution in [-0.4, -0.2) is 21.8 Å². The summed E-state index contributed by atoms with van der Waals surface area (Å²) in [4.78, 5) is 6.62. The molecule has 5 nitrogen and oxygen atoms in total. The molecule has 1 fully saturated rings. The van der Waals surface area contributed by atoms with Gasteiger partial charge in [0.1, 0.15) is 17.6 Å². The molecule has 1 N–H and O–H groups in total. The van der Waals surface area contributed by atoms with Crippen LogP contribution >= 0.6 is 12.2 Å². The SMILES string of the molecule is COc1cccc(-n2cccc2C2C(c3ccccn3)NC(=S)N2c2ccc(F)cc2)c1. The van der Waals surface area contributed by atoms with Crippen LogP contribution in [0, 0.1) is 5.82 Å². The van der Waals surface area contributed by atoms with Crippen molar-refractivity contribution in [1.82, 2.24) is 14.9 Å². The summed E-state index contributed by atoms with van der Waals surface area (Å²) in [5.41, 5.74) is 3.68. The standard InChI is InChI=1S/C25H21FN4OS/c1-31-20-7-4-6-19(16-20)29-15-5-9-22(29)24-23(21-8-2-3-14-27-21)28-25(32)30(24)18-12-10-17(26)11-13-18/h2-16,23-24H,1H3,(H,28,32). The van der Waals surface area contributed by atoms with Gasteiger partial charge in [-0.05, 0) is 72.9 Å². The van der Waals surface area contributed by atoms with Gasteiger partial charge in [0.05, 0.1) is 18.8 Å². The Morgan fingerprint density at radius 2 is 1.81 bits per heavy atom. The van der Waals surface area contributed by atoms with Gasteiger partial charge in [-0.15, -0.1) is 0 Å². The lowest BCUT2D eigenvalue weighted by Crippen LogP contribution is -2.30. The van der Waals surface area contributed by atoms with Crippen molar-refractivity contribution in [3.05, 3.63) is 108 Å². The third kappa shape index (κ3) is 3.61. The molecule has 7 heteroatoms. The number of nitrogens with zero attached hydrogens (tertiary/aromatic N) is 3. The van der Waals surface area contributed by atoms with Crippen molar-refractivity contribution in [1.29, 1.82) is 0 Å². The van der Waals surface area contributed by atoms with Crippen LogP contribution in [0.25, 0.3) is 5.69 Å². The number of ether oxygens (including phenoxy) is 1. The van der Waals surface area contributed by atoms with Gasteiger partial charge in [0.2, 0.25) is 0 Å². The molecule has 0 radical (unpaired) electrons. The van der Waals surface area contributed by atoms with E-state index in [-0.39, 0.29) is 17.9 Å². The fourth-order valence-corrected chi connectivity index (χ4v) is 4.51. The lowest BCUT2D eigenvalue weighted by atomic mass is 10.0. The van der Waals surface area contributed by atoms with E-state index in [0.29, 0.717) is 5.11 Å². The van der Waals surface area contributed by atoms with Crippen LogP contribution in [0.3, 0.4) is 0 Å². The van der Waals surface area contributed by atoms with E-state index < -0.39 is 0 Å². The largest absolute Gasteiger partial charge is 0.497 e. The number of anilines is 1. The first-order chi connectivity index (χ1) is 15.7. The number of hydrogen-bond donors (Lipinski definition) is 1. The predicted octanol–water partition coefficient (Wildman–Crippen LogP) is 5.20. The summed E-state index contributed by atoms with van der Waals surface area (Å²) in [5.74, 6) is 0.489. The zero-order valence-electron chi connectivity index (χ0n) is 17.4. The third-order valence-corrected chi connectivity index (χ3v) is 5.93. The smallest absolute Gasteiger partial charge is 0.174 e. The second kappa shape index (κ2) is 8.43. The van der Waals surface area contributed by atoms with Gasteiger partial charge in [-0.1, -0.05) is 12.1 Å². The average molecular weight is 445 g/mol. The normalized spacial score (nSPS) is 17.9. The first-order valence-corrected chi connectivity index (χ1v) is 10.6. The summed E-state index contributed by atoms with van der Waals surface area (Å²) in [5, 5.41) is 4.00. The minimum atomic E-state index is -0.288. The number of pyridine rings is 1. The van der Waals surface area contributed by atoms with Crippen molar-refractivity contribution in [3.63, 3.8) is 0 Å². The Morgan fingerprint density at radius 1 is 0.969 bits per heavy atom. The number of methoxy groups -OCH3 is 1. The van der Waals surface area contributed by atoms with E-state index in [1.165, 1.54) is 12.1 Å². The molecule has 1 aliphatic heterocycles. The number of hydrogen-bond acceptors (Lipinski definition) is 3. The van der Waals surface area contributed by atoms with Crippen molar-refractivity contribution < 1.29 is 9.13 Å². The van der Waals surface area contributed by atoms with Gasteiger partial charge in [0.25, 0.3) is 0 Å². The van der Waals surface area contributed by atoms with Gasteiger partial charge in [-0.25, -0.2) is 4.39 Å². The first kappa shape index (κ1) is 20.2. The van der Waals surface area contributed by atoms with Crippen LogP contribution in [0.1, 0.15) is 23.5 Å². The molecule has 2 aromatic heterocycles. The molecule has 0 bridgehead atoms. The molecule has 4 aromatic rings. The summed E-state index contributed by atoms with van der Waals surface area (Å²) in [7, 11) is 1.66. The summed E-state index contributed by atoms with van der Waals surface area (Å²) >= 11 is 5.75. The summed E-state index contributed by atoms with van der Waals surface area (Å²) in [6, 6.07) is 23.8. The van der Waals surface area contributed by atoms with Gasteiger partial charge in [-0.3, -0.25) is 4.98 Å². The molecule has 1 aliphatic rings. The molecular formula is C25H21FN4OS. The van der Waals surface area contributed by atoms with Crippen molar-refractivity contribution >= 4 is 23.0 Å². The third-order valence-electron chi connectivity index (χ3n) is 5.62. The molecule has 0 saturated carbocycles. The van der Waals surface area contributed by atoms with E-state index in [9.17, 15) is 4.39 Å². The van der Waals surface area contributed by atoms with Crippen LogP contribution < -0.4 is 15.0 Å². The van der Waals surface area contributed by atoms with Crippen molar-refractivity contribution in [2.45, 2.75) is 12.1 Å². The summed E-state index contributed by atoms with van der Waals surface area (Å²) in [6.07, 6.45) is 3.79. The van der Waals surface area contributed by atoms with Crippen LogP contribution in [0.4, 0.5) is 10.1 Å². The van der Waals surface area contributed by atoms with Crippen molar-refractivity contribution in [3.8, 4) is 11.4 Å². The Bertz CT molecular complexity index is 1240. The van der Waals surface area contributed by atoms with Gasteiger partial charge < -0.3 is 19.5 Å². The van der Waals surface area contributed by atoms with E-state index in [1.807, 2.05) is 59.6 Å². The number of thiocarbonyl (C=S) groups is 1. The highest BCUT2D eigenvalue weighted by molar-refractivity contribution is 7.80. The molecule has 0 amide bonds. The van der Waals surface area contributed by atoms with Crippen molar-refractivity contribution in [2.24, 2.45) is 0 Å². The first-order valence-electron chi connectivity index (χ1n) is 10.2. The molecule has 160 valence electrons. The second-order valence-electron chi connectivity index (χ2n) is 7.48. The van der Waals surface area contributed by atoms with Crippen LogP contribution in [0.5, 0.6) is 5.75 Å². The van der Waals surface area contributed by atoms with E-state index in [4.69, 9.17) is 17.0 Å². The Morgan fingerprint density at radius 3 is 2.56 bits per heavy atom. The van der Waals surface area contributed by atoms with Crippen LogP contribution in [-0.2, 0) is 0 Å². The van der Waals surface area contributed by atoms with E-state index in [0.717, 1.165) is 28.5 Å². The lowest BCUT2D eigenvalue weighted by Gasteiger charge is -2.29. The number of aromatic nitrogens is 2. The second-order valence-corrected chi connectivity index (χ2v) is 7.86. The van der Waals surface area contributed by atoms with E-state index in [2.05, 4.69) is 20.9 Å². The number of rotatable bonds is 5. The molecule has 2 aromatic carbocycles. The molecule has 32 heavy (non-hydrogen) atoms. The van der Waals surface area contributed by atoms with Gasteiger partial charge in [-0.2, -0.15) is 0 Å². The minimum absolute atomic E-state index is 0.187. The highest BCUT2D eigenvalue weighted by atomic mass is 32.1. The van der Waals surface area contributed by atoms with Crippen LogP contribution in [0.15, 0.2) is 91.3 Å². The number of benzene rings is 2. The molecular weight excluding hydrogens is 423 g/mol. The molecule has 1 saturated heterocycles. The van der Waals surface area contributed by atoms with Gasteiger partial charge in [0.15, 0.2) is 5.11 Å². The number of halogens is 1. The zero-order valence-corrected chi connectivity index (χ0v) is 18.2. The van der Waals surface area contributed by atoms with Gasteiger partial charge in [0, 0.05) is 35.5 Å². The average Bonchev–Trinajstić information content (AvgIpc) is 3.44. The molecule has 2 unspecified atom stereocenters. The van der Waals surface area contributed by atoms with Crippen molar-refractivity contribution in [2.75, 3.05) is 12.0 Å². The summed E-state index contributed by atoms with van der Waals surface area (Å²) < 4.78 is 21.2. The molecule has 2 atom stereocenters. The lowest BCUT2D eigenvalue weighted by molar-refractivity contribution is 0.414. The molecule has 0 aliphatic carbocycles. The quantitative estimate of drug-likeness (QED) is 0.429. The zero-order chi connectivity index (χ0) is 22.1. The Balaban J connectivity index is 1.66. The predicted molar refractivity (Wildman–Crippen MR) is 127 cm³/mol. The monoisotopic (exact) mass is 444 g/mol. The Kier molecular flexibility index (Phi) is 5.33. The Labute approximate surface area is 191 Å². The summed E-state index contributed by atoms with van der Waals surface area (Å²) in [6.45, 7) is 0. The van der Waals surface area contributed by atoms with E-state index >= 15 is 0 Å². The maximum absolute atomic E-state index is 13.6. The highest BCUT2D eigenvalue weighted by Crippen LogP contribution is 2.42. The molecule has 0 spiro atoms. The van der Waals surface area contributed by atoms with Crippen LogP contribution in [0.2, 0.25) is 0 Å². The fraction of sp³-hybridized carbons (Fsp3) is 0.120. The maximum Gasteiger partial charge on any atom is 0.174 e. The number of nitrogens with one attached hydrogen (secondary N) is 1. The molecule has 5 rings (SSSR count). The Hall–Kier alpha value is -3.71. The van der Waals surface area contributed by atoms with E-state index in [1.54, 1.807) is 25.4 Å².